The smallest absolute Gasteiger partial charge is 0.0636 e. The van der Waals surface area contributed by atoms with Gasteiger partial charge in [0.25, 0.3) is 0 Å². The van der Waals surface area contributed by atoms with Crippen LogP contribution in [0.25, 0.3) is 0 Å². The van der Waals surface area contributed by atoms with Gasteiger partial charge >= 0.3 is 0 Å². The molecule has 2 aliphatic rings. The van der Waals surface area contributed by atoms with E-state index in [0.29, 0.717) is 0 Å². The molecular formula is C17H24OS. The SMILES string of the molecule is OC(CSc1ccc2c(c1)CCC2)CC1CCCC1. The van der Waals surface area contributed by atoms with Crippen molar-refractivity contribution in [3.63, 3.8) is 0 Å². The number of hydrogen-bond donors (Lipinski definition) is 1. The molecule has 1 saturated carbocycles. The van der Waals surface area contributed by atoms with Crippen molar-refractivity contribution in [2.45, 2.75) is 62.4 Å². The fourth-order valence-electron chi connectivity index (χ4n) is 3.53. The fraction of sp³-hybridized carbons (Fsp3) is 0.647. The normalized spacial score (nSPS) is 20.7. The topological polar surface area (TPSA) is 20.2 Å². The van der Waals surface area contributed by atoms with Gasteiger partial charge in [0.15, 0.2) is 0 Å². The number of aliphatic hydroxyl groups is 1. The lowest BCUT2D eigenvalue weighted by Gasteiger charge is -2.15. The zero-order chi connectivity index (χ0) is 13.1. The number of benzene rings is 1. The number of fused-ring (bicyclic) bond motifs is 1. The van der Waals surface area contributed by atoms with Gasteiger partial charge in [0, 0.05) is 10.6 Å². The van der Waals surface area contributed by atoms with E-state index in [1.165, 1.54) is 61.0 Å². The van der Waals surface area contributed by atoms with Gasteiger partial charge in [0.05, 0.1) is 6.10 Å². The van der Waals surface area contributed by atoms with E-state index in [9.17, 15) is 5.11 Å². The Kier molecular flexibility index (Phi) is 4.49. The van der Waals surface area contributed by atoms with Crippen molar-refractivity contribution >= 4 is 11.8 Å². The molecule has 1 unspecified atom stereocenters. The van der Waals surface area contributed by atoms with E-state index in [1.807, 2.05) is 11.8 Å². The lowest BCUT2D eigenvalue weighted by molar-refractivity contribution is 0.166. The van der Waals surface area contributed by atoms with Gasteiger partial charge in [-0.3, -0.25) is 0 Å². The molecule has 1 aromatic rings. The second kappa shape index (κ2) is 6.32. The summed E-state index contributed by atoms with van der Waals surface area (Å²) in [7, 11) is 0. The number of thioether (sulfide) groups is 1. The average molecular weight is 276 g/mol. The first-order chi connectivity index (χ1) is 9.31. The zero-order valence-corrected chi connectivity index (χ0v) is 12.4. The minimum absolute atomic E-state index is 0.124. The van der Waals surface area contributed by atoms with E-state index in [2.05, 4.69) is 18.2 Å². The van der Waals surface area contributed by atoms with Crippen LogP contribution < -0.4 is 0 Å². The predicted octanol–water partition coefficient (Wildman–Crippen LogP) is 4.21. The quantitative estimate of drug-likeness (QED) is 0.813. The van der Waals surface area contributed by atoms with Gasteiger partial charge in [-0.25, -0.2) is 0 Å². The molecule has 1 fully saturated rings. The average Bonchev–Trinajstić information content (AvgIpc) is 3.06. The Labute approximate surface area is 120 Å². The molecule has 1 N–H and O–H groups in total. The molecule has 0 bridgehead atoms. The lowest BCUT2D eigenvalue weighted by atomic mass is 10.0. The van der Waals surface area contributed by atoms with E-state index in [-0.39, 0.29) is 6.10 Å². The Morgan fingerprint density at radius 3 is 2.74 bits per heavy atom. The summed E-state index contributed by atoms with van der Waals surface area (Å²) in [6.07, 6.45) is 10.1. The summed E-state index contributed by atoms with van der Waals surface area (Å²) in [6, 6.07) is 6.86. The highest BCUT2D eigenvalue weighted by atomic mass is 32.2. The molecule has 1 nitrogen and oxygen atoms in total. The summed E-state index contributed by atoms with van der Waals surface area (Å²) >= 11 is 1.83. The third-order valence-electron chi connectivity index (χ3n) is 4.59. The zero-order valence-electron chi connectivity index (χ0n) is 11.6. The van der Waals surface area contributed by atoms with Crippen LogP contribution in [0.5, 0.6) is 0 Å². The van der Waals surface area contributed by atoms with Gasteiger partial charge in [-0.2, -0.15) is 0 Å². The van der Waals surface area contributed by atoms with Crippen LogP contribution in [0.2, 0.25) is 0 Å². The molecule has 19 heavy (non-hydrogen) atoms. The molecule has 104 valence electrons. The Morgan fingerprint density at radius 2 is 1.89 bits per heavy atom. The van der Waals surface area contributed by atoms with Crippen molar-refractivity contribution in [2.24, 2.45) is 5.92 Å². The molecule has 2 heteroatoms. The van der Waals surface area contributed by atoms with Crippen LogP contribution in [0.15, 0.2) is 23.1 Å². The Hall–Kier alpha value is -0.470. The van der Waals surface area contributed by atoms with Crippen LogP contribution in [0.1, 0.15) is 49.7 Å². The minimum atomic E-state index is -0.124. The summed E-state index contributed by atoms with van der Waals surface area (Å²) < 4.78 is 0. The molecule has 1 atom stereocenters. The van der Waals surface area contributed by atoms with Crippen LogP contribution in [-0.4, -0.2) is 17.0 Å². The molecule has 0 aromatic heterocycles. The summed E-state index contributed by atoms with van der Waals surface area (Å²) in [5, 5.41) is 10.1. The number of aliphatic hydroxyl groups excluding tert-OH is 1. The van der Waals surface area contributed by atoms with Crippen LogP contribution >= 0.6 is 11.8 Å². The molecule has 0 heterocycles. The lowest BCUT2D eigenvalue weighted by Crippen LogP contribution is -2.14. The first-order valence-electron chi connectivity index (χ1n) is 7.74. The van der Waals surface area contributed by atoms with Gasteiger partial charge in [-0.1, -0.05) is 31.7 Å². The third-order valence-corrected chi connectivity index (χ3v) is 5.73. The monoisotopic (exact) mass is 276 g/mol. The van der Waals surface area contributed by atoms with Crippen LogP contribution in [0.3, 0.4) is 0 Å². The molecule has 2 aliphatic carbocycles. The van der Waals surface area contributed by atoms with Crippen molar-refractivity contribution in [1.29, 1.82) is 0 Å². The van der Waals surface area contributed by atoms with Crippen LogP contribution in [0.4, 0.5) is 0 Å². The van der Waals surface area contributed by atoms with Gasteiger partial charge in [0.1, 0.15) is 0 Å². The van der Waals surface area contributed by atoms with Crippen molar-refractivity contribution in [1.82, 2.24) is 0 Å². The molecule has 0 amide bonds. The van der Waals surface area contributed by atoms with Gasteiger partial charge < -0.3 is 5.11 Å². The Bertz CT molecular complexity index is 423. The number of hydrogen-bond acceptors (Lipinski definition) is 2. The maximum atomic E-state index is 10.1. The number of aryl methyl sites for hydroxylation is 2. The highest BCUT2D eigenvalue weighted by Crippen LogP contribution is 2.31. The molecule has 0 radical (unpaired) electrons. The van der Waals surface area contributed by atoms with E-state index in [4.69, 9.17) is 0 Å². The first-order valence-corrected chi connectivity index (χ1v) is 8.72. The summed E-state index contributed by atoms with van der Waals surface area (Å²) in [6.45, 7) is 0. The Balaban J connectivity index is 1.48. The maximum absolute atomic E-state index is 10.1. The van der Waals surface area contributed by atoms with Crippen molar-refractivity contribution < 1.29 is 5.11 Å². The Morgan fingerprint density at radius 1 is 1.11 bits per heavy atom. The fourth-order valence-corrected chi connectivity index (χ4v) is 4.44. The van der Waals surface area contributed by atoms with E-state index in [1.54, 1.807) is 0 Å². The van der Waals surface area contributed by atoms with Crippen molar-refractivity contribution in [3.05, 3.63) is 29.3 Å². The van der Waals surface area contributed by atoms with E-state index < -0.39 is 0 Å². The standard InChI is InChI=1S/C17H24OS/c18-16(10-13-4-1-2-5-13)12-19-17-9-8-14-6-3-7-15(14)11-17/h8-9,11,13,16,18H,1-7,10,12H2. The minimum Gasteiger partial charge on any atom is -0.392 e. The molecular weight excluding hydrogens is 252 g/mol. The summed E-state index contributed by atoms with van der Waals surface area (Å²) in [5.41, 5.74) is 3.08. The van der Waals surface area contributed by atoms with E-state index >= 15 is 0 Å². The summed E-state index contributed by atoms with van der Waals surface area (Å²) in [4.78, 5) is 1.34. The van der Waals surface area contributed by atoms with Gasteiger partial charge in [-0.15, -0.1) is 11.8 Å². The third kappa shape index (κ3) is 3.55. The van der Waals surface area contributed by atoms with Crippen LogP contribution in [0, 0.1) is 5.92 Å². The molecule has 0 spiro atoms. The molecule has 1 aromatic carbocycles. The second-order valence-corrected chi connectivity index (χ2v) is 7.23. The van der Waals surface area contributed by atoms with Gasteiger partial charge in [0.2, 0.25) is 0 Å². The van der Waals surface area contributed by atoms with Crippen LogP contribution in [-0.2, 0) is 12.8 Å². The maximum Gasteiger partial charge on any atom is 0.0636 e. The largest absolute Gasteiger partial charge is 0.392 e. The van der Waals surface area contributed by atoms with Crippen molar-refractivity contribution in [2.75, 3.05) is 5.75 Å². The molecule has 0 aliphatic heterocycles. The van der Waals surface area contributed by atoms with E-state index in [0.717, 1.165) is 18.1 Å². The predicted molar refractivity (Wildman–Crippen MR) is 81.8 cm³/mol. The first kappa shape index (κ1) is 13.5. The highest BCUT2D eigenvalue weighted by Gasteiger charge is 2.19. The van der Waals surface area contributed by atoms with Gasteiger partial charge in [-0.05, 0) is 54.9 Å². The molecule has 0 saturated heterocycles. The molecule has 3 rings (SSSR count). The van der Waals surface area contributed by atoms with Crippen molar-refractivity contribution in [3.8, 4) is 0 Å². The highest BCUT2D eigenvalue weighted by molar-refractivity contribution is 7.99. The second-order valence-electron chi connectivity index (χ2n) is 6.14. The number of rotatable bonds is 5. The summed E-state index contributed by atoms with van der Waals surface area (Å²) in [5.74, 6) is 1.64.